The van der Waals surface area contributed by atoms with E-state index in [2.05, 4.69) is 20.9 Å². The molecule has 0 aliphatic carbocycles. The Morgan fingerprint density at radius 3 is 2.52 bits per heavy atom. The summed E-state index contributed by atoms with van der Waals surface area (Å²) in [4.78, 5) is 20.3. The standard InChI is InChI=1S/C19H22FN3O2/c1-2-25-19(24)14-22-7-9-23(10-8-22)18-11-16(12-21-13-18)15-3-5-17(20)6-4-15/h3-6,11-13H,2,7-10,14H2,1H3. The normalized spacial score (nSPS) is 15.2. The smallest absolute Gasteiger partial charge is 0.320 e. The predicted octanol–water partition coefficient (Wildman–Crippen LogP) is 2.57. The summed E-state index contributed by atoms with van der Waals surface area (Å²) in [5.74, 6) is -0.415. The highest BCUT2D eigenvalue weighted by molar-refractivity contribution is 5.71. The zero-order valence-electron chi connectivity index (χ0n) is 14.3. The van der Waals surface area contributed by atoms with Crippen LogP contribution in [0.1, 0.15) is 6.92 Å². The zero-order valence-corrected chi connectivity index (χ0v) is 14.3. The van der Waals surface area contributed by atoms with Crippen LogP contribution in [-0.4, -0.2) is 55.2 Å². The summed E-state index contributed by atoms with van der Waals surface area (Å²) in [5.41, 5.74) is 2.95. The molecule has 0 bridgehead atoms. The Morgan fingerprint density at radius 1 is 1.12 bits per heavy atom. The molecule has 0 amide bonds. The summed E-state index contributed by atoms with van der Waals surface area (Å²) >= 11 is 0. The number of pyridine rings is 1. The molecule has 3 rings (SSSR count). The molecule has 6 heteroatoms. The fraction of sp³-hybridized carbons (Fsp3) is 0.368. The molecule has 1 aromatic heterocycles. The third-order valence-corrected chi connectivity index (χ3v) is 4.30. The van der Waals surface area contributed by atoms with Crippen LogP contribution in [0.3, 0.4) is 0 Å². The first kappa shape index (κ1) is 17.4. The van der Waals surface area contributed by atoms with Gasteiger partial charge >= 0.3 is 5.97 Å². The van der Waals surface area contributed by atoms with E-state index in [1.165, 1.54) is 12.1 Å². The van der Waals surface area contributed by atoms with Gasteiger partial charge in [-0.1, -0.05) is 12.1 Å². The van der Waals surface area contributed by atoms with Crippen molar-refractivity contribution in [3.05, 3.63) is 48.5 Å². The third-order valence-electron chi connectivity index (χ3n) is 4.30. The van der Waals surface area contributed by atoms with E-state index in [4.69, 9.17) is 4.74 Å². The summed E-state index contributed by atoms with van der Waals surface area (Å²) in [7, 11) is 0. The molecule has 1 aliphatic rings. The maximum absolute atomic E-state index is 13.1. The van der Waals surface area contributed by atoms with E-state index in [9.17, 15) is 9.18 Å². The summed E-state index contributed by atoms with van der Waals surface area (Å²) in [6.07, 6.45) is 3.63. The summed E-state index contributed by atoms with van der Waals surface area (Å²) in [6, 6.07) is 8.49. The number of hydrogen-bond donors (Lipinski definition) is 0. The van der Waals surface area contributed by atoms with Crippen LogP contribution < -0.4 is 4.90 Å². The van der Waals surface area contributed by atoms with Crippen LogP contribution in [0.25, 0.3) is 11.1 Å². The molecule has 132 valence electrons. The number of hydrogen-bond acceptors (Lipinski definition) is 5. The van der Waals surface area contributed by atoms with E-state index in [0.29, 0.717) is 13.2 Å². The average Bonchev–Trinajstić information content (AvgIpc) is 2.63. The van der Waals surface area contributed by atoms with E-state index in [1.54, 1.807) is 18.3 Å². The van der Waals surface area contributed by atoms with Crippen LogP contribution in [-0.2, 0) is 9.53 Å². The highest BCUT2D eigenvalue weighted by Crippen LogP contribution is 2.24. The lowest BCUT2D eigenvalue weighted by molar-refractivity contribution is -0.144. The number of halogens is 1. The zero-order chi connectivity index (χ0) is 17.6. The largest absolute Gasteiger partial charge is 0.465 e. The van der Waals surface area contributed by atoms with Crippen LogP contribution in [0.2, 0.25) is 0 Å². The summed E-state index contributed by atoms with van der Waals surface area (Å²) in [6.45, 7) is 5.84. The van der Waals surface area contributed by atoms with Crippen LogP contribution in [0.5, 0.6) is 0 Å². The second-order valence-electron chi connectivity index (χ2n) is 6.01. The molecule has 0 N–H and O–H groups in total. The molecule has 0 atom stereocenters. The maximum atomic E-state index is 13.1. The molecule has 0 saturated carbocycles. The van der Waals surface area contributed by atoms with Crippen molar-refractivity contribution in [1.29, 1.82) is 0 Å². The van der Waals surface area contributed by atoms with Crippen molar-refractivity contribution in [2.24, 2.45) is 0 Å². The highest BCUT2D eigenvalue weighted by Gasteiger charge is 2.20. The van der Waals surface area contributed by atoms with Crippen molar-refractivity contribution in [3.63, 3.8) is 0 Å². The SMILES string of the molecule is CCOC(=O)CN1CCN(c2cncc(-c3ccc(F)cc3)c2)CC1. The molecule has 25 heavy (non-hydrogen) atoms. The molecule has 1 saturated heterocycles. The molecule has 2 aromatic rings. The van der Waals surface area contributed by atoms with E-state index in [0.717, 1.165) is 43.0 Å². The number of carbonyl (C=O) groups is 1. The van der Waals surface area contributed by atoms with Crippen molar-refractivity contribution in [1.82, 2.24) is 9.88 Å². The van der Waals surface area contributed by atoms with Gasteiger partial charge in [0.2, 0.25) is 0 Å². The van der Waals surface area contributed by atoms with Crippen molar-refractivity contribution in [3.8, 4) is 11.1 Å². The van der Waals surface area contributed by atoms with Crippen LogP contribution >= 0.6 is 0 Å². The molecule has 5 nitrogen and oxygen atoms in total. The lowest BCUT2D eigenvalue weighted by Gasteiger charge is -2.35. The minimum Gasteiger partial charge on any atom is -0.465 e. The minimum absolute atomic E-state index is 0.170. The summed E-state index contributed by atoms with van der Waals surface area (Å²) < 4.78 is 18.1. The van der Waals surface area contributed by atoms with E-state index >= 15 is 0 Å². The van der Waals surface area contributed by atoms with Crippen molar-refractivity contribution < 1.29 is 13.9 Å². The number of aromatic nitrogens is 1. The van der Waals surface area contributed by atoms with Gasteiger partial charge in [-0.2, -0.15) is 0 Å². The van der Waals surface area contributed by atoms with Gasteiger partial charge in [0.05, 0.1) is 25.0 Å². The van der Waals surface area contributed by atoms with E-state index < -0.39 is 0 Å². The Kier molecular flexibility index (Phi) is 5.60. The first-order chi connectivity index (χ1) is 12.2. The molecule has 2 heterocycles. The number of ether oxygens (including phenoxy) is 1. The fourth-order valence-corrected chi connectivity index (χ4v) is 2.95. The van der Waals surface area contributed by atoms with Gasteiger partial charge in [0, 0.05) is 37.9 Å². The number of anilines is 1. The van der Waals surface area contributed by atoms with Crippen LogP contribution in [0.4, 0.5) is 10.1 Å². The first-order valence-electron chi connectivity index (χ1n) is 8.49. The van der Waals surface area contributed by atoms with E-state index in [1.807, 2.05) is 13.1 Å². The third kappa shape index (κ3) is 4.54. The Bertz CT molecular complexity index is 713. The maximum Gasteiger partial charge on any atom is 0.320 e. The lowest BCUT2D eigenvalue weighted by atomic mass is 10.1. The van der Waals surface area contributed by atoms with Gasteiger partial charge < -0.3 is 9.64 Å². The van der Waals surface area contributed by atoms with Gasteiger partial charge in [0.1, 0.15) is 5.82 Å². The van der Waals surface area contributed by atoms with Crippen molar-refractivity contribution >= 4 is 11.7 Å². The topological polar surface area (TPSA) is 45.7 Å². The molecule has 0 radical (unpaired) electrons. The predicted molar refractivity (Wildman–Crippen MR) is 94.9 cm³/mol. The van der Waals surface area contributed by atoms with Gasteiger partial charge in [-0.05, 0) is 30.7 Å². The van der Waals surface area contributed by atoms with Gasteiger partial charge in [-0.25, -0.2) is 4.39 Å². The second kappa shape index (κ2) is 8.07. The molecular weight excluding hydrogens is 321 g/mol. The summed E-state index contributed by atoms with van der Waals surface area (Å²) in [5, 5.41) is 0. The molecule has 0 spiro atoms. The fourth-order valence-electron chi connectivity index (χ4n) is 2.95. The van der Waals surface area contributed by atoms with Crippen LogP contribution in [0.15, 0.2) is 42.7 Å². The number of benzene rings is 1. The monoisotopic (exact) mass is 343 g/mol. The van der Waals surface area contributed by atoms with E-state index in [-0.39, 0.29) is 11.8 Å². The second-order valence-corrected chi connectivity index (χ2v) is 6.01. The highest BCUT2D eigenvalue weighted by atomic mass is 19.1. The van der Waals surface area contributed by atoms with Crippen molar-refractivity contribution in [2.45, 2.75) is 6.92 Å². The minimum atomic E-state index is -0.245. The van der Waals surface area contributed by atoms with Crippen molar-refractivity contribution in [2.75, 3.05) is 44.2 Å². The first-order valence-corrected chi connectivity index (χ1v) is 8.49. The number of nitrogens with zero attached hydrogens (tertiary/aromatic N) is 3. The number of rotatable bonds is 5. The molecule has 1 aromatic carbocycles. The Hall–Kier alpha value is -2.47. The Balaban J connectivity index is 1.63. The number of carbonyl (C=O) groups excluding carboxylic acids is 1. The molecule has 1 aliphatic heterocycles. The van der Waals surface area contributed by atoms with Gasteiger partial charge in [-0.15, -0.1) is 0 Å². The number of piperazine rings is 1. The Morgan fingerprint density at radius 2 is 1.84 bits per heavy atom. The molecule has 0 unspecified atom stereocenters. The van der Waals surface area contributed by atoms with Gasteiger partial charge in [-0.3, -0.25) is 14.7 Å². The number of esters is 1. The molecule has 1 fully saturated rings. The van der Waals surface area contributed by atoms with Crippen LogP contribution in [0, 0.1) is 5.82 Å². The quantitative estimate of drug-likeness (QED) is 0.781. The lowest BCUT2D eigenvalue weighted by Crippen LogP contribution is -2.48. The molecular formula is C19H22FN3O2. The average molecular weight is 343 g/mol. The van der Waals surface area contributed by atoms with Gasteiger partial charge in [0.15, 0.2) is 0 Å². The Labute approximate surface area is 147 Å². The van der Waals surface area contributed by atoms with Gasteiger partial charge in [0.25, 0.3) is 0 Å².